The third-order valence-corrected chi connectivity index (χ3v) is 4.15. The molecule has 0 spiro atoms. The maximum Gasteiger partial charge on any atom is 0.361 e. The molecule has 13 heteroatoms. The van der Waals surface area contributed by atoms with Crippen LogP contribution in [0.5, 0.6) is 0 Å². The van der Waals surface area contributed by atoms with Crippen LogP contribution in [0, 0.1) is 5.92 Å². The van der Waals surface area contributed by atoms with E-state index in [1.165, 1.54) is 0 Å². The Hall–Kier alpha value is -0.400. The van der Waals surface area contributed by atoms with E-state index in [2.05, 4.69) is 9.37 Å². The van der Waals surface area contributed by atoms with E-state index in [0.29, 0.717) is 0 Å². The molecule has 22 heavy (non-hydrogen) atoms. The summed E-state index contributed by atoms with van der Waals surface area (Å²) < 4.78 is 126. The molecule has 132 valence electrons. The molecule has 0 aliphatic heterocycles. The van der Waals surface area contributed by atoms with Gasteiger partial charge in [-0.1, -0.05) is 18.4 Å². The highest BCUT2D eigenvalue weighted by atomic mass is 32.2. The fourth-order valence-electron chi connectivity index (χ4n) is 2.11. The maximum atomic E-state index is 13.9. The Morgan fingerprint density at radius 2 is 1.32 bits per heavy atom. The Kier molecular flexibility index (Phi) is 5.00. The highest BCUT2D eigenvalue weighted by molar-refractivity contribution is 7.96. The van der Waals surface area contributed by atoms with Gasteiger partial charge in [-0.3, -0.25) is 0 Å². The summed E-state index contributed by atoms with van der Waals surface area (Å²) in [5, 5.41) is 4.36. The average molecular weight is 368 g/mol. The molecule has 0 radical (unpaired) electrons. The van der Waals surface area contributed by atoms with Crippen molar-refractivity contribution in [3.05, 3.63) is 0 Å². The zero-order valence-corrected chi connectivity index (χ0v) is 11.4. The first-order valence-electron chi connectivity index (χ1n) is 5.61. The number of hydrogen-bond donors (Lipinski definition) is 1. The first-order chi connectivity index (χ1) is 9.75. The van der Waals surface area contributed by atoms with Crippen LogP contribution >= 0.6 is 12.0 Å². The molecular formula is C9H9F9O3S. The number of hydrogen-bond acceptors (Lipinski definition) is 4. The Morgan fingerprint density at radius 3 is 1.64 bits per heavy atom. The van der Waals surface area contributed by atoms with Crippen LogP contribution < -0.4 is 0 Å². The SMILES string of the molecule is CCCC1C(F)(F)C(F)(F)C(F)(SOOO)C(F)(F)C1(F)F. The highest BCUT2D eigenvalue weighted by Gasteiger charge is 2.94. The summed E-state index contributed by atoms with van der Waals surface area (Å²) in [6.07, 6.45) is -1.95. The van der Waals surface area contributed by atoms with Crippen molar-refractivity contribution in [1.29, 1.82) is 0 Å². The van der Waals surface area contributed by atoms with Crippen molar-refractivity contribution in [3.8, 4) is 0 Å². The van der Waals surface area contributed by atoms with Crippen molar-refractivity contribution in [2.24, 2.45) is 5.92 Å². The first-order valence-corrected chi connectivity index (χ1v) is 6.36. The molecule has 1 aliphatic carbocycles. The molecule has 0 aromatic rings. The highest BCUT2D eigenvalue weighted by Crippen LogP contribution is 2.70. The van der Waals surface area contributed by atoms with E-state index in [1.807, 2.05) is 0 Å². The number of alkyl halides is 9. The minimum absolute atomic E-state index is 0.551. The minimum atomic E-state index is -6.24. The van der Waals surface area contributed by atoms with Crippen molar-refractivity contribution in [1.82, 2.24) is 0 Å². The Bertz CT molecular complexity index is 389. The molecule has 0 aromatic heterocycles. The second-order valence-electron chi connectivity index (χ2n) is 4.56. The molecule has 0 amide bonds. The fourth-order valence-corrected chi connectivity index (χ4v) is 2.71. The molecule has 0 saturated heterocycles. The van der Waals surface area contributed by atoms with E-state index in [1.54, 1.807) is 0 Å². The molecule has 1 aliphatic rings. The molecule has 1 fully saturated rings. The van der Waals surface area contributed by atoms with Gasteiger partial charge in [-0.25, -0.2) is 9.65 Å². The Morgan fingerprint density at radius 1 is 0.909 bits per heavy atom. The van der Waals surface area contributed by atoms with Crippen LogP contribution in [0.2, 0.25) is 0 Å². The van der Waals surface area contributed by atoms with E-state index in [4.69, 9.17) is 5.26 Å². The molecule has 0 heterocycles. The van der Waals surface area contributed by atoms with E-state index < -0.39 is 59.5 Å². The topological polar surface area (TPSA) is 38.7 Å². The van der Waals surface area contributed by atoms with Gasteiger partial charge in [-0.05, 0) is 6.42 Å². The van der Waals surface area contributed by atoms with Crippen molar-refractivity contribution in [2.75, 3.05) is 0 Å². The molecular weight excluding hydrogens is 359 g/mol. The number of rotatable bonds is 5. The smallest absolute Gasteiger partial charge is 0.220 e. The van der Waals surface area contributed by atoms with Gasteiger partial charge in [0.05, 0.1) is 18.0 Å². The van der Waals surface area contributed by atoms with Crippen LogP contribution in [0.25, 0.3) is 0 Å². The fraction of sp³-hybridized carbons (Fsp3) is 1.00. The van der Waals surface area contributed by atoms with Gasteiger partial charge in [0.25, 0.3) is 0 Å². The zero-order chi connectivity index (χ0) is 17.6. The predicted molar refractivity (Wildman–Crippen MR) is 54.4 cm³/mol. The van der Waals surface area contributed by atoms with Crippen LogP contribution in [-0.2, 0) is 9.37 Å². The van der Waals surface area contributed by atoms with Gasteiger partial charge in [0.15, 0.2) is 0 Å². The zero-order valence-electron chi connectivity index (χ0n) is 10.6. The average Bonchev–Trinajstić information content (AvgIpc) is 2.39. The number of halogens is 9. The summed E-state index contributed by atoms with van der Waals surface area (Å²) in [4.78, 5) is 0. The van der Waals surface area contributed by atoms with E-state index >= 15 is 0 Å². The predicted octanol–water partition coefficient (Wildman–Crippen LogP) is 4.69. The second-order valence-corrected chi connectivity index (χ2v) is 5.42. The van der Waals surface area contributed by atoms with Gasteiger partial charge in [0.1, 0.15) is 0 Å². The van der Waals surface area contributed by atoms with Gasteiger partial charge in [-0.15, -0.1) is 4.33 Å². The van der Waals surface area contributed by atoms with Crippen LogP contribution in [-0.4, -0.2) is 33.9 Å². The van der Waals surface area contributed by atoms with Gasteiger partial charge >= 0.3 is 28.7 Å². The lowest BCUT2D eigenvalue weighted by atomic mass is 9.73. The van der Waals surface area contributed by atoms with E-state index in [-0.39, 0.29) is 0 Å². The molecule has 1 saturated carbocycles. The molecule has 0 atom stereocenters. The van der Waals surface area contributed by atoms with Gasteiger partial charge in [-0.2, -0.15) is 35.1 Å². The second kappa shape index (κ2) is 5.60. The lowest BCUT2D eigenvalue weighted by molar-refractivity contribution is -0.442. The summed E-state index contributed by atoms with van der Waals surface area (Å²) in [5.41, 5.74) is 0. The monoisotopic (exact) mass is 368 g/mol. The molecule has 1 N–H and O–H groups in total. The lowest BCUT2D eigenvalue weighted by Crippen LogP contribution is -2.77. The van der Waals surface area contributed by atoms with E-state index in [9.17, 15) is 39.5 Å². The summed E-state index contributed by atoms with van der Waals surface area (Å²) >= 11 is -1.86. The molecule has 1 rings (SSSR count). The minimum Gasteiger partial charge on any atom is -0.220 e. The van der Waals surface area contributed by atoms with Crippen molar-refractivity contribution in [2.45, 2.75) is 48.5 Å². The van der Waals surface area contributed by atoms with Gasteiger partial charge < -0.3 is 0 Å². The quantitative estimate of drug-likeness (QED) is 0.331. The van der Waals surface area contributed by atoms with Crippen LogP contribution in [0.1, 0.15) is 19.8 Å². The van der Waals surface area contributed by atoms with Crippen molar-refractivity contribution >= 4 is 12.0 Å². The molecule has 0 unspecified atom stereocenters. The third kappa shape index (κ3) is 2.19. The lowest BCUT2D eigenvalue weighted by Gasteiger charge is -2.51. The van der Waals surface area contributed by atoms with E-state index in [0.717, 1.165) is 6.92 Å². The molecule has 0 aromatic carbocycles. The normalized spacial score (nSPS) is 35.3. The third-order valence-electron chi connectivity index (χ3n) is 3.28. The summed E-state index contributed by atoms with van der Waals surface area (Å²) in [7, 11) is 0. The Labute approximate surface area is 121 Å². The molecule has 3 nitrogen and oxygen atoms in total. The largest absolute Gasteiger partial charge is 0.361 e. The van der Waals surface area contributed by atoms with Gasteiger partial charge in [0.2, 0.25) is 0 Å². The molecule has 0 bridgehead atoms. The summed E-state index contributed by atoms with van der Waals surface area (Å²) in [6, 6.07) is 0. The summed E-state index contributed by atoms with van der Waals surface area (Å²) in [5.74, 6) is -27.9. The maximum absolute atomic E-state index is 13.9. The van der Waals surface area contributed by atoms with Gasteiger partial charge in [0, 0.05) is 0 Å². The van der Waals surface area contributed by atoms with Crippen LogP contribution in [0.15, 0.2) is 0 Å². The van der Waals surface area contributed by atoms with Crippen LogP contribution in [0.3, 0.4) is 0 Å². The summed E-state index contributed by atoms with van der Waals surface area (Å²) in [6.45, 7) is 1.03. The standard InChI is InChI=1S/C9H9F9O3S/c1-2-3-4-5(10,11)7(14,15)9(18,22-21-20-19)8(16,17)6(4,12)13/h4,19H,2-3H2,1H3. The van der Waals surface area contributed by atoms with Crippen molar-refractivity contribution in [3.63, 3.8) is 0 Å². The first kappa shape index (κ1) is 19.6. The van der Waals surface area contributed by atoms with Crippen LogP contribution in [0.4, 0.5) is 39.5 Å². The van der Waals surface area contributed by atoms with Crippen molar-refractivity contribution < 1.29 is 54.1 Å². The Balaban J connectivity index is 3.55.